The highest BCUT2D eigenvalue weighted by atomic mass is 28.4. The van der Waals surface area contributed by atoms with Gasteiger partial charge in [-0.2, -0.15) is 0 Å². The van der Waals surface area contributed by atoms with Gasteiger partial charge in [-0.1, -0.05) is 0 Å². The van der Waals surface area contributed by atoms with Gasteiger partial charge in [0.05, 0.1) is 13.2 Å². The molecule has 1 unspecified atom stereocenters. The summed E-state index contributed by atoms with van der Waals surface area (Å²) in [6.45, 7) is 4.44. The van der Waals surface area contributed by atoms with E-state index in [9.17, 15) is 0 Å². The SMILES string of the molecule is CO[Si](C)(CCCOCC1CO1)OC.[SiH4]. The predicted molar refractivity (Wildman–Crippen MR) is 67.0 cm³/mol. The van der Waals surface area contributed by atoms with Crippen LogP contribution in [0.4, 0.5) is 0 Å². The van der Waals surface area contributed by atoms with Gasteiger partial charge >= 0.3 is 8.56 Å². The van der Waals surface area contributed by atoms with E-state index < -0.39 is 8.56 Å². The zero-order valence-corrected chi connectivity index (χ0v) is 10.2. The van der Waals surface area contributed by atoms with Gasteiger partial charge in [-0.25, -0.2) is 0 Å². The molecule has 0 saturated carbocycles. The largest absolute Gasteiger partial charge is 0.398 e. The summed E-state index contributed by atoms with van der Waals surface area (Å²) in [4.78, 5) is 0. The topological polar surface area (TPSA) is 40.2 Å². The third kappa shape index (κ3) is 6.44. The number of ether oxygens (including phenoxy) is 2. The maximum Gasteiger partial charge on any atom is 0.334 e. The Labute approximate surface area is 97.5 Å². The molecule has 1 heterocycles. The smallest absolute Gasteiger partial charge is 0.334 e. The molecule has 0 aromatic heterocycles. The molecule has 1 rings (SSSR count). The molecule has 0 spiro atoms. The Kier molecular flexibility index (Phi) is 7.67. The Balaban J connectivity index is 0.00000196. The average molecular weight is 252 g/mol. The first-order valence-corrected chi connectivity index (χ1v) is 7.52. The lowest BCUT2D eigenvalue weighted by Gasteiger charge is -2.22. The van der Waals surface area contributed by atoms with Gasteiger partial charge in [-0.3, -0.25) is 0 Å². The minimum atomic E-state index is -1.87. The molecule has 0 aliphatic carbocycles. The third-order valence-electron chi connectivity index (χ3n) is 2.49. The van der Waals surface area contributed by atoms with Crippen molar-refractivity contribution >= 4 is 19.5 Å². The van der Waals surface area contributed by atoms with E-state index >= 15 is 0 Å². The lowest BCUT2D eigenvalue weighted by Crippen LogP contribution is -2.36. The summed E-state index contributed by atoms with van der Waals surface area (Å²) in [5.41, 5.74) is 0. The van der Waals surface area contributed by atoms with E-state index in [0.717, 1.165) is 32.3 Å². The van der Waals surface area contributed by atoms with Gasteiger partial charge in [-0.05, 0) is 30.0 Å². The molecule has 4 nitrogen and oxygen atoms in total. The van der Waals surface area contributed by atoms with E-state index in [1.54, 1.807) is 14.2 Å². The van der Waals surface area contributed by atoms with Crippen LogP contribution in [0.2, 0.25) is 12.6 Å². The van der Waals surface area contributed by atoms with Crippen molar-refractivity contribution in [3.05, 3.63) is 0 Å². The van der Waals surface area contributed by atoms with E-state index in [2.05, 4.69) is 6.55 Å². The van der Waals surface area contributed by atoms with Gasteiger partial charge in [0, 0.05) is 20.8 Å². The molecule has 1 saturated heterocycles. The molecule has 92 valence electrons. The van der Waals surface area contributed by atoms with Gasteiger partial charge in [0.1, 0.15) is 6.10 Å². The fourth-order valence-corrected chi connectivity index (χ4v) is 2.52. The molecule has 0 N–H and O–H groups in total. The molecule has 0 radical (unpaired) electrons. The van der Waals surface area contributed by atoms with Crippen LogP contribution in [0.25, 0.3) is 0 Å². The van der Waals surface area contributed by atoms with Crippen molar-refractivity contribution in [1.29, 1.82) is 0 Å². The van der Waals surface area contributed by atoms with Gasteiger partial charge in [0.25, 0.3) is 0 Å². The molecule has 1 fully saturated rings. The summed E-state index contributed by atoms with van der Waals surface area (Å²) < 4.78 is 21.2. The van der Waals surface area contributed by atoms with Crippen LogP contribution in [0, 0.1) is 0 Å². The van der Waals surface area contributed by atoms with Crippen molar-refractivity contribution in [1.82, 2.24) is 0 Å². The summed E-state index contributed by atoms with van der Waals surface area (Å²) in [5.74, 6) is 0. The highest BCUT2D eigenvalue weighted by molar-refractivity contribution is 6.65. The van der Waals surface area contributed by atoms with Crippen LogP contribution in [0.1, 0.15) is 6.42 Å². The molecule has 6 heteroatoms. The van der Waals surface area contributed by atoms with Crippen molar-refractivity contribution in [2.24, 2.45) is 0 Å². The van der Waals surface area contributed by atoms with Crippen molar-refractivity contribution < 1.29 is 18.3 Å². The van der Waals surface area contributed by atoms with E-state index in [4.69, 9.17) is 18.3 Å². The number of rotatable bonds is 8. The Morgan fingerprint density at radius 3 is 2.40 bits per heavy atom. The Bertz CT molecular complexity index is 160. The van der Waals surface area contributed by atoms with Gasteiger partial charge in [-0.15, -0.1) is 0 Å². The Hall–Kier alpha value is 0.274. The normalized spacial score (nSPS) is 19.8. The van der Waals surface area contributed by atoms with Gasteiger partial charge in [0.15, 0.2) is 0 Å². The maximum atomic E-state index is 5.43. The zero-order chi connectivity index (χ0) is 10.4. The lowest BCUT2D eigenvalue weighted by atomic mass is 10.5. The van der Waals surface area contributed by atoms with E-state index in [-0.39, 0.29) is 11.0 Å². The van der Waals surface area contributed by atoms with E-state index in [0.29, 0.717) is 6.10 Å². The predicted octanol–water partition coefficient (Wildman–Crippen LogP) is -0.295. The van der Waals surface area contributed by atoms with Crippen LogP contribution < -0.4 is 0 Å². The van der Waals surface area contributed by atoms with Crippen LogP contribution >= 0.6 is 0 Å². The molecule has 0 aromatic carbocycles. The van der Waals surface area contributed by atoms with Crippen LogP contribution in [-0.2, 0) is 18.3 Å². The maximum absolute atomic E-state index is 5.43. The van der Waals surface area contributed by atoms with Gasteiger partial charge in [0.2, 0.25) is 0 Å². The summed E-state index contributed by atoms with van der Waals surface area (Å²) >= 11 is 0. The summed E-state index contributed by atoms with van der Waals surface area (Å²) in [5, 5.41) is 0. The first-order valence-electron chi connectivity index (χ1n) is 5.00. The molecule has 0 bridgehead atoms. The molecule has 1 aliphatic heterocycles. The van der Waals surface area contributed by atoms with Crippen molar-refractivity contribution in [3.8, 4) is 0 Å². The summed E-state index contributed by atoms with van der Waals surface area (Å²) in [6.07, 6.45) is 1.36. The molecule has 15 heavy (non-hydrogen) atoms. The summed E-state index contributed by atoms with van der Waals surface area (Å²) in [7, 11) is 1.56. The van der Waals surface area contributed by atoms with Crippen molar-refractivity contribution in [2.75, 3.05) is 34.0 Å². The lowest BCUT2D eigenvalue weighted by molar-refractivity contribution is 0.114. The van der Waals surface area contributed by atoms with Crippen LogP contribution in [0.15, 0.2) is 0 Å². The van der Waals surface area contributed by atoms with Gasteiger partial charge < -0.3 is 18.3 Å². The molecule has 0 aromatic rings. The number of hydrogen-bond donors (Lipinski definition) is 0. The van der Waals surface area contributed by atoms with Crippen LogP contribution in [-0.4, -0.2) is 59.7 Å². The molecular formula is C9H24O4Si2. The second-order valence-corrected chi connectivity index (χ2v) is 7.26. The van der Waals surface area contributed by atoms with Crippen LogP contribution in [0.3, 0.4) is 0 Å². The summed E-state index contributed by atoms with van der Waals surface area (Å²) in [6, 6.07) is 0.978. The Morgan fingerprint density at radius 2 is 1.93 bits per heavy atom. The molecule has 1 atom stereocenters. The average Bonchev–Trinajstić information content (AvgIpc) is 3.01. The van der Waals surface area contributed by atoms with E-state index in [1.165, 1.54) is 0 Å². The standard InChI is InChI=1S/C9H20O4Si.H4Si/c1-10-14(3,11-2)6-4-5-12-7-9-8-13-9;/h9H,4-8H2,1-3H3;1H4. The first-order chi connectivity index (χ1) is 6.70. The number of epoxide rings is 1. The van der Waals surface area contributed by atoms with Crippen molar-refractivity contribution in [3.63, 3.8) is 0 Å². The highest BCUT2D eigenvalue weighted by Gasteiger charge is 2.28. The second kappa shape index (κ2) is 7.53. The van der Waals surface area contributed by atoms with Crippen LogP contribution in [0.5, 0.6) is 0 Å². The Morgan fingerprint density at radius 1 is 1.33 bits per heavy atom. The highest BCUT2D eigenvalue weighted by Crippen LogP contribution is 2.14. The minimum absolute atomic E-state index is 0. The molecular weight excluding hydrogens is 228 g/mol. The van der Waals surface area contributed by atoms with Crippen molar-refractivity contribution in [2.45, 2.75) is 25.1 Å². The minimum Gasteiger partial charge on any atom is -0.398 e. The number of hydrogen-bond acceptors (Lipinski definition) is 4. The fraction of sp³-hybridized carbons (Fsp3) is 1.00. The quantitative estimate of drug-likeness (QED) is 0.338. The molecule has 1 aliphatic rings. The molecule has 0 amide bonds. The second-order valence-electron chi connectivity index (χ2n) is 3.68. The van der Waals surface area contributed by atoms with E-state index in [1.807, 2.05) is 0 Å². The fourth-order valence-electron chi connectivity index (χ4n) is 1.16. The third-order valence-corrected chi connectivity index (χ3v) is 5.48. The monoisotopic (exact) mass is 252 g/mol. The first kappa shape index (κ1) is 15.3. The zero-order valence-electron chi connectivity index (χ0n) is 9.25.